The largest absolute Gasteiger partial charge is 0.496 e. The average molecular weight is 399 g/mol. The van der Waals surface area contributed by atoms with Crippen molar-refractivity contribution in [3.63, 3.8) is 0 Å². The van der Waals surface area contributed by atoms with E-state index < -0.39 is 5.97 Å². The van der Waals surface area contributed by atoms with Crippen molar-refractivity contribution >= 4 is 17.7 Å². The number of methoxy groups -OCH3 is 1. The first-order valence-corrected chi connectivity index (χ1v) is 10.6. The van der Waals surface area contributed by atoms with Crippen LogP contribution in [0.25, 0.3) is 0 Å². The maximum Gasteiger partial charge on any atom is 0.308 e. The van der Waals surface area contributed by atoms with Gasteiger partial charge in [0, 0.05) is 12.0 Å². The molecule has 5 rings (SSSR count). The van der Waals surface area contributed by atoms with Gasteiger partial charge in [0.1, 0.15) is 5.75 Å². The standard InChI is InChI=1S/C23H29NO5/c1-28-20-5-3-2-4-18(20)19(25)14-29-21(26)6-7-24-22(27)23-11-15-8-16(12-23)10-17(9-15)13-23/h2-5,15-17H,6-14H2,1H3,(H,24,27). The number of Topliss-reactive ketones (excluding diaryl/α,β-unsaturated/α-hetero) is 1. The second kappa shape index (κ2) is 8.17. The molecule has 0 unspecified atom stereocenters. The fraction of sp³-hybridized carbons (Fsp3) is 0.609. The summed E-state index contributed by atoms with van der Waals surface area (Å²) in [5.74, 6) is 1.88. The van der Waals surface area contributed by atoms with E-state index in [0.29, 0.717) is 29.1 Å². The predicted octanol–water partition coefficient (Wildman–Crippen LogP) is 3.14. The minimum atomic E-state index is -0.487. The molecule has 0 radical (unpaired) electrons. The highest BCUT2D eigenvalue weighted by atomic mass is 16.5. The molecule has 6 nitrogen and oxygen atoms in total. The summed E-state index contributed by atoms with van der Waals surface area (Å²) >= 11 is 0. The Bertz CT molecular complexity index is 767. The molecule has 0 atom stereocenters. The van der Waals surface area contributed by atoms with Crippen LogP contribution in [0.3, 0.4) is 0 Å². The van der Waals surface area contributed by atoms with Gasteiger partial charge >= 0.3 is 5.97 Å². The lowest BCUT2D eigenvalue weighted by Crippen LogP contribution is -2.53. The molecule has 1 aromatic carbocycles. The lowest BCUT2D eigenvalue weighted by atomic mass is 9.49. The Kier molecular flexibility index (Phi) is 5.61. The van der Waals surface area contributed by atoms with Gasteiger partial charge in [-0.3, -0.25) is 14.4 Å². The maximum atomic E-state index is 12.9. The van der Waals surface area contributed by atoms with Crippen LogP contribution in [0.2, 0.25) is 0 Å². The summed E-state index contributed by atoms with van der Waals surface area (Å²) in [5, 5.41) is 2.96. The van der Waals surface area contributed by atoms with E-state index in [1.807, 2.05) is 0 Å². The Morgan fingerprint density at radius 1 is 1.03 bits per heavy atom. The van der Waals surface area contributed by atoms with Crippen LogP contribution in [-0.4, -0.2) is 37.9 Å². The first-order chi connectivity index (χ1) is 14.0. The fourth-order valence-corrected chi connectivity index (χ4v) is 6.03. The molecule has 4 bridgehead atoms. The van der Waals surface area contributed by atoms with Crippen LogP contribution in [0, 0.1) is 23.2 Å². The van der Waals surface area contributed by atoms with Gasteiger partial charge < -0.3 is 14.8 Å². The molecule has 0 saturated heterocycles. The summed E-state index contributed by atoms with van der Waals surface area (Å²) in [6.07, 6.45) is 6.95. The van der Waals surface area contributed by atoms with Gasteiger partial charge in [0.25, 0.3) is 0 Å². The molecule has 0 aliphatic heterocycles. The normalized spacial score (nSPS) is 29.3. The number of ketones is 1. The molecule has 6 heteroatoms. The number of carbonyl (C=O) groups excluding carboxylic acids is 3. The van der Waals surface area contributed by atoms with E-state index in [1.54, 1.807) is 24.3 Å². The molecular weight excluding hydrogens is 370 g/mol. The number of hydrogen-bond acceptors (Lipinski definition) is 5. The molecule has 1 N–H and O–H groups in total. The lowest BCUT2D eigenvalue weighted by molar-refractivity contribution is -0.147. The number of hydrogen-bond donors (Lipinski definition) is 1. The molecule has 4 aliphatic carbocycles. The van der Waals surface area contributed by atoms with Crippen molar-refractivity contribution in [3.05, 3.63) is 29.8 Å². The van der Waals surface area contributed by atoms with Crippen molar-refractivity contribution in [1.82, 2.24) is 5.32 Å². The number of rotatable bonds is 8. The molecule has 1 aromatic rings. The molecule has 156 valence electrons. The van der Waals surface area contributed by atoms with Gasteiger partial charge in [0.15, 0.2) is 6.61 Å². The average Bonchev–Trinajstić information content (AvgIpc) is 2.71. The maximum absolute atomic E-state index is 12.9. The molecule has 4 aliphatic rings. The van der Waals surface area contributed by atoms with Gasteiger partial charge in [-0.15, -0.1) is 0 Å². The van der Waals surface area contributed by atoms with Gasteiger partial charge in [0.05, 0.1) is 19.1 Å². The smallest absolute Gasteiger partial charge is 0.308 e. The SMILES string of the molecule is COc1ccccc1C(=O)COC(=O)CCNC(=O)C12CC3CC(CC(C3)C1)C2. The van der Waals surface area contributed by atoms with Crippen LogP contribution in [-0.2, 0) is 14.3 Å². The second-order valence-corrected chi connectivity index (χ2v) is 8.99. The summed E-state index contributed by atoms with van der Waals surface area (Å²) in [6, 6.07) is 6.83. The predicted molar refractivity (Wildman–Crippen MR) is 107 cm³/mol. The summed E-state index contributed by atoms with van der Waals surface area (Å²) < 4.78 is 10.2. The molecule has 1 amide bonds. The Balaban J connectivity index is 1.21. The van der Waals surface area contributed by atoms with Crippen LogP contribution in [0.1, 0.15) is 55.3 Å². The number of ether oxygens (including phenoxy) is 2. The summed E-state index contributed by atoms with van der Waals surface area (Å²) in [5.41, 5.74) is 0.177. The van der Waals surface area contributed by atoms with Crippen LogP contribution in [0.4, 0.5) is 0 Å². The van der Waals surface area contributed by atoms with E-state index in [-0.39, 0.29) is 36.7 Å². The van der Waals surface area contributed by atoms with Crippen molar-refractivity contribution < 1.29 is 23.9 Å². The molecule has 4 fully saturated rings. The highest BCUT2D eigenvalue weighted by Crippen LogP contribution is 2.60. The Morgan fingerprint density at radius 3 is 2.28 bits per heavy atom. The highest BCUT2D eigenvalue weighted by Gasteiger charge is 2.54. The molecule has 0 aromatic heterocycles. The number of benzene rings is 1. The van der Waals surface area contributed by atoms with Crippen molar-refractivity contribution in [3.8, 4) is 5.75 Å². The van der Waals surface area contributed by atoms with Crippen molar-refractivity contribution in [2.24, 2.45) is 23.2 Å². The number of nitrogens with one attached hydrogen (secondary N) is 1. The Morgan fingerprint density at radius 2 is 1.66 bits per heavy atom. The third kappa shape index (κ3) is 4.16. The number of carbonyl (C=O) groups is 3. The monoisotopic (exact) mass is 399 g/mol. The second-order valence-electron chi connectivity index (χ2n) is 8.99. The van der Waals surface area contributed by atoms with Crippen molar-refractivity contribution in [2.75, 3.05) is 20.3 Å². The first kappa shape index (κ1) is 19.9. The van der Waals surface area contributed by atoms with E-state index in [0.717, 1.165) is 19.3 Å². The van der Waals surface area contributed by atoms with Crippen LogP contribution >= 0.6 is 0 Å². The van der Waals surface area contributed by atoms with Gasteiger partial charge in [-0.1, -0.05) is 12.1 Å². The van der Waals surface area contributed by atoms with E-state index in [4.69, 9.17) is 9.47 Å². The molecule has 0 spiro atoms. The molecule has 29 heavy (non-hydrogen) atoms. The number of esters is 1. The van der Waals surface area contributed by atoms with E-state index >= 15 is 0 Å². The van der Waals surface area contributed by atoms with Gasteiger partial charge in [-0.05, 0) is 68.4 Å². The van der Waals surface area contributed by atoms with Crippen LogP contribution in [0.5, 0.6) is 5.75 Å². The third-order valence-electron chi connectivity index (χ3n) is 6.91. The highest BCUT2D eigenvalue weighted by molar-refractivity contribution is 6.00. The van der Waals surface area contributed by atoms with E-state index in [2.05, 4.69) is 5.32 Å². The van der Waals surface area contributed by atoms with Crippen molar-refractivity contribution in [1.29, 1.82) is 0 Å². The quantitative estimate of drug-likeness (QED) is 0.536. The summed E-state index contributed by atoms with van der Waals surface area (Å²) in [4.78, 5) is 37.1. The molecule has 0 heterocycles. The Labute approximate surface area is 171 Å². The molecule has 4 saturated carbocycles. The summed E-state index contributed by atoms with van der Waals surface area (Å²) in [6.45, 7) is -0.0790. The van der Waals surface area contributed by atoms with Gasteiger partial charge in [-0.25, -0.2) is 0 Å². The van der Waals surface area contributed by atoms with Crippen molar-refractivity contribution in [2.45, 2.75) is 44.9 Å². The van der Waals surface area contributed by atoms with Gasteiger partial charge in [0.2, 0.25) is 11.7 Å². The third-order valence-corrected chi connectivity index (χ3v) is 6.91. The van der Waals surface area contributed by atoms with Crippen LogP contribution < -0.4 is 10.1 Å². The van der Waals surface area contributed by atoms with Crippen LogP contribution in [0.15, 0.2) is 24.3 Å². The minimum Gasteiger partial charge on any atom is -0.496 e. The zero-order valence-corrected chi connectivity index (χ0v) is 16.9. The summed E-state index contributed by atoms with van der Waals surface area (Å²) in [7, 11) is 1.49. The Hall–Kier alpha value is -2.37. The fourth-order valence-electron chi connectivity index (χ4n) is 6.03. The lowest BCUT2D eigenvalue weighted by Gasteiger charge is -2.55. The van der Waals surface area contributed by atoms with Gasteiger partial charge in [-0.2, -0.15) is 0 Å². The number of para-hydroxylation sites is 1. The molecular formula is C23H29NO5. The minimum absolute atomic E-state index is 0.0668. The first-order valence-electron chi connectivity index (χ1n) is 10.6. The number of amides is 1. The topological polar surface area (TPSA) is 81.7 Å². The van der Waals surface area contributed by atoms with E-state index in [1.165, 1.54) is 26.4 Å². The van der Waals surface area contributed by atoms with E-state index in [9.17, 15) is 14.4 Å². The zero-order valence-electron chi connectivity index (χ0n) is 16.9. The zero-order chi connectivity index (χ0) is 20.4.